The first-order valence-corrected chi connectivity index (χ1v) is 8.21. The largest absolute Gasteiger partial charge is 0.467 e. The molecule has 0 amide bonds. The molecule has 0 aliphatic carbocycles. The number of carbonyl (C=O) groups excluding carboxylic acids is 3. The SMILES string of the molecule is COC(=O)[C@H]1O[C@](OC2O[C@H](C(=O)OC)[C@@H](O)[C@H](O)[C@H]2O)(C(=O)OC)[C@@H](O)[C@@H]1O. The molecule has 0 radical (unpaired) electrons. The van der Waals surface area contributed by atoms with Crippen LogP contribution in [0, 0.1) is 0 Å². The van der Waals surface area contributed by atoms with Gasteiger partial charge in [0.1, 0.15) is 30.5 Å². The van der Waals surface area contributed by atoms with Gasteiger partial charge in [-0.15, -0.1) is 0 Å². The summed E-state index contributed by atoms with van der Waals surface area (Å²) in [5.74, 6) is -6.67. The van der Waals surface area contributed by atoms with Crippen LogP contribution in [0.4, 0.5) is 0 Å². The number of carbonyl (C=O) groups is 3. The van der Waals surface area contributed by atoms with E-state index in [1.165, 1.54) is 0 Å². The lowest BCUT2D eigenvalue weighted by molar-refractivity contribution is -0.364. The number of aliphatic hydroxyl groups is 5. The van der Waals surface area contributed by atoms with Gasteiger partial charge in [-0.25, -0.2) is 14.4 Å². The van der Waals surface area contributed by atoms with E-state index in [2.05, 4.69) is 14.2 Å². The van der Waals surface area contributed by atoms with E-state index in [9.17, 15) is 39.9 Å². The lowest BCUT2D eigenvalue weighted by atomic mass is 9.98. The summed E-state index contributed by atoms with van der Waals surface area (Å²) in [7, 11) is 2.79. The fourth-order valence-electron chi connectivity index (χ4n) is 2.91. The summed E-state index contributed by atoms with van der Waals surface area (Å²) in [5, 5.41) is 50.4. The van der Waals surface area contributed by atoms with E-state index in [4.69, 9.17) is 14.2 Å². The van der Waals surface area contributed by atoms with Gasteiger partial charge in [-0.05, 0) is 0 Å². The van der Waals surface area contributed by atoms with Crippen molar-refractivity contribution in [3.8, 4) is 0 Å². The maximum absolute atomic E-state index is 12.3. The van der Waals surface area contributed by atoms with Gasteiger partial charge < -0.3 is 54.0 Å². The average Bonchev–Trinajstić information content (AvgIpc) is 2.98. The van der Waals surface area contributed by atoms with Gasteiger partial charge in [0, 0.05) is 0 Å². The van der Waals surface area contributed by atoms with E-state index in [1.807, 2.05) is 0 Å². The standard InChI is InChI=1S/C15H22O14/c1-24-11(21)8-5(17)4(16)6(18)13(27-8)29-15(14(23)26-3)10(20)7(19)9(28-15)12(22)25-2/h4-10,13,16-20H,1-3H3/t4-,5-,6+,7+,8-,9-,10-,13?,15+/m0/s1. The van der Waals surface area contributed by atoms with Crippen LogP contribution in [0.2, 0.25) is 0 Å². The first-order valence-electron chi connectivity index (χ1n) is 8.21. The summed E-state index contributed by atoms with van der Waals surface area (Å²) in [6.45, 7) is 0. The van der Waals surface area contributed by atoms with Crippen molar-refractivity contribution in [1.29, 1.82) is 0 Å². The normalized spacial score (nSPS) is 42.2. The molecule has 2 heterocycles. The van der Waals surface area contributed by atoms with Gasteiger partial charge in [0.05, 0.1) is 21.3 Å². The molecule has 166 valence electrons. The van der Waals surface area contributed by atoms with Crippen molar-refractivity contribution in [3.05, 3.63) is 0 Å². The maximum Gasteiger partial charge on any atom is 0.369 e. The molecule has 2 aliphatic heterocycles. The monoisotopic (exact) mass is 426 g/mol. The van der Waals surface area contributed by atoms with Crippen molar-refractivity contribution in [1.82, 2.24) is 0 Å². The first-order chi connectivity index (χ1) is 13.5. The second kappa shape index (κ2) is 8.85. The zero-order valence-electron chi connectivity index (χ0n) is 15.5. The minimum absolute atomic E-state index is 0.870. The number of aliphatic hydroxyl groups excluding tert-OH is 5. The molecular weight excluding hydrogens is 404 g/mol. The van der Waals surface area contributed by atoms with Crippen molar-refractivity contribution < 1.29 is 68.3 Å². The molecule has 2 saturated heterocycles. The molecule has 0 aromatic rings. The van der Waals surface area contributed by atoms with Crippen molar-refractivity contribution in [2.75, 3.05) is 21.3 Å². The number of hydrogen-bond acceptors (Lipinski definition) is 14. The molecule has 29 heavy (non-hydrogen) atoms. The van der Waals surface area contributed by atoms with Gasteiger partial charge in [0.2, 0.25) is 0 Å². The smallest absolute Gasteiger partial charge is 0.369 e. The summed E-state index contributed by atoms with van der Waals surface area (Å²) in [5.41, 5.74) is 0. The van der Waals surface area contributed by atoms with E-state index in [0.29, 0.717) is 0 Å². The summed E-state index contributed by atoms with van der Waals surface area (Å²) in [4.78, 5) is 35.8. The Morgan fingerprint density at radius 2 is 1.31 bits per heavy atom. The Labute approximate surface area is 163 Å². The van der Waals surface area contributed by atoms with Gasteiger partial charge >= 0.3 is 23.7 Å². The van der Waals surface area contributed by atoms with Crippen LogP contribution < -0.4 is 0 Å². The van der Waals surface area contributed by atoms with Crippen LogP contribution in [-0.4, -0.2) is 120 Å². The second-order valence-corrected chi connectivity index (χ2v) is 6.19. The van der Waals surface area contributed by atoms with Crippen molar-refractivity contribution in [2.45, 2.75) is 54.8 Å². The second-order valence-electron chi connectivity index (χ2n) is 6.19. The molecule has 0 aromatic heterocycles. The average molecular weight is 426 g/mol. The van der Waals surface area contributed by atoms with Crippen LogP contribution in [0.1, 0.15) is 0 Å². The van der Waals surface area contributed by atoms with Crippen molar-refractivity contribution in [2.24, 2.45) is 0 Å². The van der Waals surface area contributed by atoms with Crippen LogP contribution in [0.15, 0.2) is 0 Å². The van der Waals surface area contributed by atoms with Crippen molar-refractivity contribution in [3.63, 3.8) is 0 Å². The van der Waals surface area contributed by atoms with Crippen LogP contribution in [0.5, 0.6) is 0 Å². The Hall–Kier alpha value is -1.91. The summed E-state index contributed by atoms with van der Waals surface area (Å²) >= 11 is 0. The quantitative estimate of drug-likeness (QED) is 0.206. The van der Waals surface area contributed by atoms with Gasteiger partial charge in [0.25, 0.3) is 0 Å². The number of ether oxygens (including phenoxy) is 6. The number of hydrogen-bond donors (Lipinski definition) is 5. The Bertz CT molecular complexity index is 639. The Balaban J connectivity index is 2.38. The van der Waals surface area contributed by atoms with E-state index in [-0.39, 0.29) is 0 Å². The highest BCUT2D eigenvalue weighted by molar-refractivity contribution is 5.83. The van der Waals surface area contributed by atoms with E-state index in [1.54, 1.807) is 0 Å². The van der Waals surface area contributed by atoms with Crippen molar-refractivity contribution >= 4 is 17.9 Å². The molecule has 2 fully saturated rings. The first kappa shape index (κ1) is 23.4. The highest BCUT2D eigenvalue weighted by Gasteiger charge is 2.66. The molecule has 14 heteroatoms. The molecule has 9 atom stereocenters. The molecule has 0 saturated carbocycles. The van der Waals surface area contributed by atoms with E-state index in [0.717, 1.165) is 21.3 Å². The van der Waals surface area contributed by atoms with E-state index >= 15 is 0 Å². The predicted octanol–water partition coefficient (Wildman–Crippen LogP) is -4.85. The predicted molar refractivity (Wildman–Crippen MR) is 83.4 cm³/mol. The van der Waals surface area contributed by atoms with Crippen LogP contribution in [-0.2, 0) is 42.8 Å². The topological polar surface area (TPSA) is 208 Å². The van der Waals surface area contributed by atoms with Gasteiger partial charge in [-0.3, -0.25) is 0 Å². The van der Waals surface area contributed by atoms with Gasteiger partial charge in [-0.1, -0.05) is 0 Å². The minimum Gasteiger partial charge on any atom is -0.467 e. The Morgan fingerprint density at radius 1 is 0.759 bits per heavy atom. The van der Waals surface area contributed by atoms with Crippen LogP contribution in [0.3, 0.4) is 0 Å². The molecule has 0 bridgehead atoms. The molecule has 1 unspecified atom stereocenters. The van der Waals surface area contributed by atoms with Gasteiger partial charge in [-0.2, -0.15) is 0 Å². The molecule has 2 rings (SSSR count). The number of rotatable bonds is 5. The maximum atomic E-state index is 12.3. The lowest BCUT2D eigenvalue weighted by Gasteiger charge is -2.42. The third-order valence-corrected chi connectivity index (χ3v) is 4.52. The summed E-state index contributed by atoms with van der Waals surface area (Å²) in [6, 6.07) is 0. The third kappa shape index (κ3) is 3.93. The number of esters is 3. The molecule has 0 spiro atoms. The van der Waals surface area contributed by atoms with Crippen LogP contribution >= 0.6 is 0 Å². The molecule has 0 aromatic carbocycles. The van der Waals surface area contributed by atoms with Gasteiger partial charge in [0.15, 0.2) is 18.5 Å². The fraction of sp³-hybridized carbons (Fsp3) is 0.800. The molecule has 14 nitrogen and oxygen atoms in total. The summed E-state index contributed by atoms with van der Waals surface area (Å²) < 4.78 is 28.7. The zero-order chi connectivity index (χ0) is 22.1. The molecule has 2 aliphatic rings. The summed E-state index contributed by atoms with van der Waals surface area (Å²) in [6.07, 6.45) is -16.1. The lowest BCUT2D eigenvalue weighted by Crippen LogP contribution is -2.64. The molecule has 5 N–H and O–H groups in total. The molecular formula is C15H22O14. The Kier molecular flexibility index (Phi) is 7.13. The van der Waals surface area contributed by atoms with E-state index < -0.39 is 72.7 Å². The Morgan fingerprint density at radius 3 is 1.83 bits per heavy atom. The minimum atomic E-state index is -2.92. The van der Waals surface area contributed by atoms with Crippen LogP contribution in [0.25, 0.3) is 0 Å². The highest BCUT2D eigenvalue weighted by atomic mass is 16.8. The highest BCUT2D eigenvalue weighted by Crippen LogP contribution is 2.37. The zero-order valence-corrected chi connectivity index (χ0v) is 15.5. The fourth-order valence-corrected chi connectivity index (χ4v) is 2.91. The third-order valence-electron chi connectivity index (χ3n) is 4.52. The number of methoxy groups -OCH3 is 3.